The van der Waals surface area contributed by atoms with Gasteiger partial charge in [-0.3, -0.25) is 0 Å². The number of carboxylic acid groups (broad SMARTS) is 1. The molecule has 0 aliphatic rings. The SMILES string of the molecule is Cc1nc(CNS(=O)(=O)c2c[nH]c(C(=O)O)c2)no1. The van der Waals surface area contributed by atoms with Gasteiger partial charge in [-0.2, -0.15) is 4.98 Å². The minimum atomic E-state index is -3.83. The van der Waals surface area contributed by atoms with Crippen molar-refractivity contribution in [3.63, 3.8) is 0 Å². The van der Waals surface area contributed by atoms with Crippen molar-refractivity contribution in [2.75, 3.05) is 0 Å². The number of hydrogen-bond acceptors (Lipinski definition) is 6. The summed E-state index contributed by atoms with van der Waals surface area (Å²) in [5, 5.41) is 12.2. The topological polar surface area (TPSA) is 138 Å². The minimum absolute atomic E-state index is 0.146. The lowest BCUT2D eigenvalue weighted by atomic mass is 10.4. The van der Waals surface area contributed by atoms with Gasteiger partial charge in [0.25, 0.3) is 0 Å². The van der Waals surface area contributed by atoms with Gasteiger partial charge in [-0.25, -0.2) is 17.9 Å². The van der Waals surface area contributed by atoms with Crippen LogP contribution in [0.15, 0.2) is 21.7 Å². The molecule has 0 aliphatic heterocycles. The number of H-pyrrole nitrogens is 1. The van der Waals surface area contributed by atoms with E-state index in [1.54, 1.807) is 6.92 Å². The Bertz CT molecular complexity index is 702. The first-order valence-electron chi connectivity index (χ1n) is 5.09. The highest BCUT2D eigenvalue weighted by Gasteiger charge is 2.18. The summed E-state index contributed by atoms with van der Waals surface area (Å²) in [7, 11) is -3.83. The summed E-state index contributed by atoms with van der Waals surface area (Å²) >= 11 is 0. The van der Waals surface area contributed by atoms with Gasteiger partial charge in [0.2, 0.25) is 15.9 Å². The van der Waals surface area contributed by atoms with Gasteiger partial charge >= 0.3 is 5.97 Å². The lowest BCUT2D eigenvalue weighted by molar-refractivity contribution is 0.0691. The Kier molecular flexibility index (Phi) is 3.36. The van der Waals surface area contributed by atoms with Gasteiger partial charge in [0.1, 0.15) is 10.6 Å². The van der Waals surface area contributed by atoms with E-state index in [0.29, 0.717) is 5.89 Å². The molecule has 0 bridgehead atoms. The van der Waals surface area contributed by atoms with Gasteiger partial charge in [-0.05, 0) is 6.07 Å². The maximum atomic E-state index is 11.8. The molecule has 102 valence electrons. The molecule has 2 heterocycles. The fraction of sp³-hybridized carbons (Fsp3) is 0.222. The quantitative estimate of drug-likeness (QED) is 0.696. The number of carbonyl (C=O) groups is 1. The molecule has 2 aromatic rings. The molecular formula is C9H10N4O5S. The van der Waals surface area contributed by atoms with Crippen molar-refractivity contribution in [3.05, 3.63) is 29.7 Å². The number of nitrogens with zero attached hydrogens (tertiary/aromatic N) is 2. The lowest BCUT2D eigenvalue weighted by Gasteiger charge is -2.00. The Morgan fingerprint density at radius 2 is 2.32 bits per heavy atom. The average molecular weight is 286 g/mol. The molecule has 0 fully saturated rings. The van der Waals surface area contributed by atoms with E-state index in [9.17, 15) is 13.2 Å². The van der Waals surface area contributed by atoms with Gasteiger partial charge in [0.15, 0.2) is 5.82 Å². The molecule has 2 rings (SSSR count). The second-order valence-corrected chi connectivity index (χ2v) is 5.38. The largest absolute Gasteiger partial charge is 0.477 e. The number of carboxylic acids is 1. The Morgan fingerprint density at radius 3 is 2.84 bits per heavy atom. The van der Waals surface area contributed by atoms with Crippen LogP contribution >= 0.6 is 0 Å². The summed E-state index contributed by atoms with van der Waals surface area (Å²) in [5.74, 6) is -0.727. The zero-order valence-corrected chi connectivity index (χ0v) is 10.6. The molecule has 0 saturated carbocycles. The molecule has 3 N–H and O–H groups in total. The lowest BCUT2D eigenvalue weighted by Crippen LogP contribution is -2.23. The van der Waals surface area contributed by atoms with E-state index in [1.807, 2.05) is 0 Å². The number of aromatic carboxylic acids is 1. The zero-order valence-electron chi connectivity index (χ0n) is 9.74. The zero-order chi connectivity index (χ0) is 14.0. The van der Waals surface area contributed by atoms with Crippen molar-refractivity contribution in [2.24, 2.45) is 0 Å². The van der Waals surface area contributed by atoms with Crippen LogP contribution in [0.25, 0.3) is 0 Å². The van der Waals surface area contributed by atoms with Crippen molar-refractivity contribution in [2.45, 2.75) is 18.4 Å². The van der Waals surface area contributed by atoms with Gasteiger partial charge in [0, 0.05) is 13.1 Å². The highest BCUT2D eigenvalue weighted by molar-refractivity contribution is 7.89. The number of sulfonamides is 1. The summed E-state index contributed by atoms with van der Waals surface area (Å²) < 4.78 is 30.6. The molecule has 0 unspecified atom stereocenters. The van der Waals surface area contributed by atoms with E-state index in [2.05, 4.69) is 19.8 Å². The summed E-state index contributed by atoms with van der Waals surface area (Å²) in [6.07, 6.45) is 1.09. The number of aromatic amines is 1. The summed E-state index contributed by atoms with van der Waals surface area (Å²) in [4.78, 5) is 16.6. The Balaban J connectivity index is 2.11. The molecular weight excluding hydrogens is 276 g/mol. The maximum Gasteiger partial charge on any atom is 0.352 e. The second-order valence-electron chi connectivity index (χ2n) is 3.61. The van der Waals surface area contributed by atoms with Gasteiger partial charge in [0.05, 0.1) is 6.54 Å². The van der Waals surface area contributed by atoms with Crippen molar-refractivity contribution in [1.82, 2.24) is 19.8 Å². The van der Waals surface area contributed by atoms with Crippen LogP contribution in [0.3, 0.4) is 0 Å². The van der Waals surface area contributed by atoms with Gasteiger partial charge < -0.3 is 14.6 Å². The molecule has 9 nitrogen and oxygen atoms in total. The number of aromatic nitrogens is 3. The first-order chi connectivity index (χ1) is 8.88. The number of aryl methyl sites for hydroxylation is 1. The van der Waals surface area contributed by atoms with E-state index < -0.39 is 16.0 Å². The first-order valence-corrected chi connectivity index (χ1v) is 6.57. The third kappa shape index (κ3) is 2.98. The fourth-order valence-electron chi connectivity index (χ4n) is 1.31. The highest BCUT2D eigenvalue weighted by atomic mass is 32.2. The van der Waals surface area contributed by atoms with Crippen LogP contribution < -0.4 is 4.72 Å². The fourth-order valence-corrected chi connectivity index (χ4v) is 2.28. The van der Waals surface area contributed by atoms with E-state index in [-0.39, 0.29) is 23.0 Å². The van der Waals surface area contributed by atoms with Crippen molar-refractivity contribution < 1.29 is 22.8 Å². The van der Waals surface area contributed by atoms with Crippen molar-refractivity contribution in [3.8, 4) is 0 Å². The van der Waals surface area contributed by atoms with Gasteiger partial charge in [-0.15, -0.1) is 0 Å². The molecule has 10 heteroatoms. The molecule has 0 aromatic carbocycles. The predicted molar refractivity (Wildman–Crippen MR) is 60.8 cm³/mol. The van der Waals surface area contributed by atoms with Crippen LogP contribution in [0.2, 0.25) is 0 Å². The smallest absolute Gasteiger partial charge is 0.352 e. The molecule has 0 amide bonds. The molecule has 0 spiro atoms. The first kappa shape index (κ1) is 13.2. The van der Waals surface area contributed by atoms with Crippen LogP contribution in [0.1, 0.15) is 22.2 Å². The number of rotatable bonds is 5. The summed E-state index contributed by atoms with van der Waals surface area (Å²) in [6.45, 7) is 1.43. The molecule has 0 atom stereocenters. The predicted octanol–water partition coefficient (Wildman–Crippen LogP) is -0.117. The van der Waals surface area contributed by atoms with E-state index in [0.717, 1.165) is 12.3 Å². The maximum absolute atomic E-state index is 11.8. The van der Waals surface area contributed by atoms with E-state index in [4.69, 9.17) is 9.63 Å². The standard InChI is InChI=1S/C9H10N4O5S/c1-5-12-8(13-18-5)4-11-19(16,17)6-2-7(9(14)15)10-3-6/h2-3,10-11H,4H2,1H3,(H,14,15). The Labute approximate surface area is 107 Å². The van der Waals surface area contributed by atoms with Crippen LogP contribution in [-0.2, 0) is 16.6 Å². The van der Waals surface area contributed by atoms with Crippen LogP contribution in [-0.4, -0.2) is 34.6 Å². The highest BCUT2D eigenvalue weighted by Crippen LogP contribution is 2.11. The molecule has 0 saturated heterocycles. The average Bonchev–Trinajstić information content (AvgIpc) is 2.95. The third-order valence-corrected chi connectivity index (χ3v) is 3.57. The van der Waals surface area contributed by atoms with E-state index >= 15 is 0 Å². The van der Waals surface area contributed by atoms with Gasteiger partial charge in [-0.1, -0.05) is 5.16 Å². The van der Waals surface area contributed by atoms with Crippen LogP contribution in [0.5, 0.6) is 0 Å². The van der Waals surface area contributed by atoms with Crippen molar-refractivity contribution >= 4 is 16.0 Å². The molecule has 0 radical (unpaired) electrons. The van der Waals surface area contributed by atoms with Crippen LogP contribution in [0.4, 0.5) is 0 Å². The third-order valence-electron chi connectivity index (χ3n) is 2.19. The molecule has 0 aliphatic carbocycles. The van der Waals surface area contributed by atoms with Crippen LogP contribution in [0, 0.1) is 6.92 Å². The molecule has 19 heavy (non-hydrogen) atoms. The van der Waals surface area contributed by atoms with E-state index in [1.165, 1.54) is 0 Å². The normalized spacial score (nSPS) is 11.6. The summed E-state index contributed by atoms with van der Waals surface area (Å²) in [5.41, 5.74) is -0.212. The Morgan fingerprint density at radius 1 is 1.58 bits per heavy atom. The number of hydrogen-bond donors (Lipinski definition) is 3. The minimum Gasteiger partial charge on any atom is -0.477 e. The number of nitrogens with one attached hydrogen (secondary N) is 2. The van der Waals surface area contributed by atoms with Crippen molar-refractivity contribution in [1.29, 1.82) is 0 Å². The molecule has 2 aromatic heterocycles. The monoisotopic (exact) mass is 286 g/mol. The second kappa shape index (κ2) is 4.82. The Hall–Kier alpha value is -2.20. The summed E-state index contributed by atoms with van der Waals surface area (Å²) in [6, 6.07) is 1.02.